The fourth-order valence-electron chi connectivity index (χ4n) is 2.93. The largest absolute Gasteiger partial charge is 0.457 e. The summed E-state index contributed by atoms with van der Waals surface area (Å²) in [5.74, 6) is 0.0379. The highest BCUT2D eigenvalue weighted by Gasteiger charge is 2.71. The zero-order valence-corrected chi connectivity index (χ0v) is 11.3. The van der Waals surface area contributed by atoms with Crippen LogP contribution in [0.1, 0.15) is 0 Å². The number of carbonyl (C=O) groups is 1. The molecule has 0 saturated carbocycles. The van der Waals surface area contributed by atoms with Gasteiger partial charge in [0.2, 0.25) is 0 Å². The number of fused-ring (bicyclic) bond motifs is 1. The molecule has 6 heteroatoms. The van der Waals surface area contributed by atoms with Crippen LogP contribution in [0.15, 0.2) is 10.6 Å². The molecule has 0 aromatic rings. The van der Waals surface area contributed by atoms with E-state index in [0.29, 0.717) is 5.88 Å². The van der Waals surface area contributed by atoms with Gasteiger partial charge in [0.05, 0.1) is 12.0 Å². The molecular weight excluding hydrogens is 319 g/mol. The predicted octanol–water partition coefficient (Wildman–Crippen LogP) is 2.05. The van der Waals surface area contributed by atoms with Gasteiger partial charge in [-0.15, -0.1) is 23.2 Å². The maximum absolute atomic E-state index is 11.9. The molecular formula is C10H9BrCl2O3. The third-order valence-corrected chi connectivity index (χ3v) is 5.16. The number of hydrogen-bond donors (Lipinski definition) is 0. The van der Waals surface area contributed by atoms with Crippen LogP contribution in [0.4, 0.5) is 0 Å². The lowest BCUT2D eigenvalue weighted by Gasteiger charge is -2.28. The van der Waals surface area contributed by atoms with Crippen molar-refractivity contribution in [2.24, 2.45) is 11.8 Å². The Morgan fingerprint density at radius 1 is 1.44 bits per heavy atom. The van der Waals surface area contributed by atoms with Crippen molar-refractivity contribution in [1.82, 2.24) is 0 Å². The molecule has 3 heterocycles. The lowest BCUT2D eigenvalue weighted by molar-refractivity contribution is -0.146. The molecule has 88 valence electrons. The fourth-order valence-corrected chi connectivity index (χ4v) is 4.44. The van der Waals surface area contributed by atoms with Crippen molar-refractivity contribution < 1.29 is 14.3 Å². The van der Waals surface area contributed by atoms with E-state index >= 15 is 0 Å². The Morgan fingerprint density at radius 2 is 2.19 bits per heavy atom. The van der Waals surface area contributed by atoms with Crippen LogP contribution >= 0.6 is 39.1 Å². The summed E-state index contributed by atoms with van der Waals surface area (Å²) in [4.78, 5) is 11.9. The van der Waals surface area contributed by atoms with Crippen molar-refractivity contribution in [3.8, 4) is 0 Å². The highest BCUT2D eigenvalue weighted by Crippen LogP contribution is 2.59. The van der Waals surface area contributed by atoms with Gasteiger partial charge < -0.3 is 9.47 Å². The molecule has 16 heavy (non-hydrogen) atoms. The third kappa shape index (κ3) is 1.12. The van der Waals surface area contributed by atoms with Gasteiger partial charge in [0, 0.05) is 16.3 Å². The third-order valence-electron chi connectivity index (χ3n) is 3.64. The monoisotopic (exact) mass is 326 g/mol. The summed E-state index contributed by atoms with van der Waals surface area (Å²) in [6.45, 7) is 0. The van der Waals surface area contributed by atoms with E-state index in [2.05, 4.69) is 15.9 Å². The van der Waals surface area contributed by atoms with Crippen LogP contribution in [-0.4, -0.2) is 35.5 Å². The smallest absolute Gasteiger partial charge is 0.313 e. The van der Waals surface area contributed by atoms with Gasteiger partial charge in [0.1, 0.15) is 12.0 Å². The number of carbonyl (C=O) groups excluding carboxylic acids is 1. The van der Waals surface area contributed by atoms with E-state index in [1.807, 2.05) is 6.08 Å². The quantitative estimate of drug-likeness (QED) is 0.575. The zero-order chi connectivity index (χ0) is 11.5. The first kappa shape index (κ1) is 11.3. The van der Waals surface area contributed by atoms with Crippen LogP contribution in [0.25, 0.3) is 0 Å². The number of esters is 1. The Balaban J connectivity index is 2.09. The van der Waals surface area contributed by atoms with E-state index < -0.39 is 11.7 Å². The molecule has 3 aliphatic heterocycles. The summed E-state index contributed by atoms with van der Waals surface area (Å²) in [6.07, 6.45) is 1.44. The second kappa shape index (κ2) is 3.61. The maximum Gasteiger partial charge on any atom is 0.313 e. The van der Waals surface area contributed by atoms with Gasteiger partial charge in [-0.2, -0.15) is 0 Å². The Morgan fingerprint density at radius 3 is 2.81 bits per heavy atom. The van der Waals surface area contributed by atoms with E-state index in [0.717, 1.165) is 4.48 Å². The molecule has 0 unspecified atom stereocenters. The van der Waals surface area contributed by atoms with Crippen LogP contribution in [0.5, 0.6) is 0 Å². The SMILES string of the molecule is O=C1O[C@H](CCl)[C@@]23O[C@@H](C=C2Br)[C@H](CCl)[C@H]13. The molecule has 3 rings (SSSR count). The van der Waals surface area contributed by atoms with Crippen molar-refractivity contribution in [3.05, 3.63) is 10.6 Å². The number of cyclic esters (lactones) is 1. The first-order valence-corrected chi connectivity index (χ1v) is 6.89. The van der Waals surface area contributed by atoms with E-state index in [-0.39, 0.29) is 29.8 Å². The summed E-state index contributed by atoms with van der Waals surface area (Å²) >= 11 is 15.2. The first-order chi connectivity index (χ1) is 7.65. The van der Waals surface area contributed by atoms with Gasteiger partial charge in [-0.1, -0.05) is 15.9 Å². The van der Waals surface area contributed by atoms with E-state index in [4.69, 9.17) is 32.7 Å². The first-order valence-electron chi connectivity index (χ1n) is 5.03. The molecule has 2 saturated heterocycles. The summed E-state index contributed by atoms with van der Waals surface area (Å²) in [7, 11) is 0. The van der Waals surface area contributed by atoms with Crippen LogP contribution in [-0.2, 0) is 14.3 Å². The average molecular weight is 328 g/mol. The molecule has 3 nitrogen and oxygen atoms in total. The normalized spacial score (nSPS) is 49.2. The summed E-state index contributed by atoms with van der Waals surface area (Å²) in [6, 6.07) is 0. The fraction of sp³-hybridized carbons (Fsp3) is 0.700. The maximum atomic E-state index is 11.9. The molecule has 3 aliphatic rings. The Kier molecular flexibility index (Phi) is 2.56. The number of rotatable bonds is 2. The number of hydrogen-bond acceptors (Lipinski definition) is 3. The van der Waals surface area contributed by atoms with Crippen molar-refractivity contribution in [2.75, 3.05) is 11.8 Å². The second-order valence-electron chi connectivity index (χ2n) is 4.27. The molecule has 2 bridgehead atoms. The average Bonchev–Trinajstić information content (AvgIpc) is 2.84. The zero-order valence-electron chi connectivity index (χ0n) is 8.16. The molecule has 0 amide bonds. The lowest BCUT2D eigenvalue weighted by atomic mass is 9.76. The van der Waals surface area contributed by atoms with Crippen LogP contribution < -0.4 is 0 Å². The summed E-state index contributed by atoms with van der Waals surface area (Å²) in [5.41, 5.74) is -0.719. The molecule has 0 radical (unpaired) electrons. The topological polar surface area (TPSA) is 35.5 Å². The van der Waals surface area contributed by atoms with Crippen LogP contribution in [0, 0.1) is 11.8 Å². The molecule has 5 atom stereocenters. The van der Waals surface area contributed by atoms with E-state index in [9.17, 15) is 4.79 Å². The molecule has 0 N–H and O–H groups in total. The van der Waals surface area contributed by atoms with E-state index in [1.165, 1.54) is 0 Å². The lowest BCUT2D eigenvalue weighted by Crippen LogP contribution is -2.44. The molecule has 1 spiro atoms. The van der Waals surface area contributed by atoms with Crippen molar-refractivity contribution >= 4 is 45.1 Å². The molecule has 2 fully saturated rings. The highest BCUT2D eigenvalue weighted by molar-refractivity contribution is 9.11. The van der Waals surface area contributed by atoms with Gasteiger partial charge in [0.15, 0.2) is 5.60 Å². The second-order valence-corrected chi connectivity index (χ2v) is 5.74. The molecule has 0 aromatic carbocycles. The molecule has 0 aromatic heterocycles. The van der Waals surface area contributed by atoms with Gasteiger partial charge in [0.25, 0.3) is 0 Å². The van der Waals surface area contributed by atoms with Crippen molar-refractivity contribution in [1.29, 1.82) is 0 Å². The standard InChI is InChI=1S/C10H9BrCl2O3/c11-6-1-5-4(2-12)8-9(14)15-7(3-13)10(6,8)16-5/h1,4-5,7-8H,2-3H2/t4-,5-,7+,8+,10-/m0/s1. The van der Waals surface area contributed by atoms with Gasteiger partial charge in [-0.25, -0.2) is 0 Å². The minimum atomic E-state index is -0.719. The summed E-state index contributed by atoms with van der Waals surface area (Å²) < 4.78 is 12.1. The van der Waals surface area contributed by atoms with Crippen molar-refractivity contribution in [3.63, 3.8) is 0 Å². The van der Waals surface area contributed by atoms with Crippen LogP contribution in [0.2, 0.25) is 0 Å². The predicted molar refractivity (Wildman–Crippen MR) is 62.9 cm³/mol. The number of ether oxygens (including phenoxy) is 2. The number of alkyl halides is 2. The minimum absolute atomic E-state index is 0.0105. The summed E-state index contributed by atoms with van der Waals surface area (Å²) in [5, 5.41) is 0. The number of halogens is 3. The van der Waals surface area contributed by atoms with Gasteiger partial charge in [-0.05, 0) is 6.08 Å². The van der Waals surface area contributed by atoms with Gasteiger partial charge >= 0.3 is 5.97 Å². The Hall–Kier alpha value is 0.230. The highest BCUT2D eigenvalue weighted by atomic mass is 79.9. The minimum Gasteiger partial charge on any atom is -0.457 e. The molecule has 0 aliphatic carbocycles. The Bertz CT molecular complexity index is 386. The van der Waals surface area contributed by atoms with E-state index in [1.54, 1.807) is 0 Å². The van der Waals surface area contributed by atoms with Crippen molar-refractivity contribution in [2.45, 2.75) is 17.8 Å². The Labute approximate surface area is 111 Å². The van der Waals surface area contributed by atoms with Gasteiger partial charge in [-0.3, -0.25) is 4.79 Å². The van der Waals surface area contributed by atoms with Crippen LogP contribution in [0.3, 0.4) is 0 Å².